The second-order valence-electron chi connectivity index (χ2n) is 5.43. The summed E-state index contributed by atoms with van der Waals surface area (Å²) in [6.45, 7) is 6.72. The highest BCUT2D eigenvalue weighted by molar-refractivity contribution is 5.52. The maximum Gasteiger partial charge on any atom is 0.0302 e. The first-order valence-electron chi connectivity index (χ1n) is 7.35. The lowest BCUT2D eigenvalue weighted by Gasteiger charge is -2.15. The topological polar surface area (TPSA) is 12.9 Å². The first kappa shape index (κ1) is 14.5. The van der Waals surface area contributed by atoms with Crippen LogP contribution in [0.15, 0.2) is 54.4 Å². The maximum absolute atomic E-state index is 4.23. The van der Waals surface area contributed by atoms with Gasteiger partial charge < -0.3 is 0 Å². The fraction of sp³-hybridized carbons (Fsp3) is 0.316. The summed E-state index contributed by atoms with van der Waals surface area (Å²) >= 11 is 0. The average molecular weight is 265 g/mol. The summed E-state index contributed by atoms with van der Waals surface area (Å²) in [7, 11) is 0. The molecule has 0 saturated carbocycles. The van der Waals surface area contributed by atoms with Gasteiger partial charge in [0.25, 0.3) is 0 Å². The van der Waals surface area contributed by atoms with Gasteiger partial charge in [-0.3, -0.25) is 4.98 Å². The molecule has 1 aromatic carbocycles. The Morgan fingerprint density at radius 3 is 2.65 bits per heavy atom. The van der Waals surface area contributed by atoms with Crippen LogP contribution >= 0.6 is 0 Å². The lowest BCUT2D eigenvalue weighted by Crippen LogP contribution is -2.00. The van der Waals surface area contributed by atoms with Gasteiger partial charge in [-0.2, -0.15) is 0 Å². The van der Waals surface area contributed by atoms with E-state index in [1.807, 2.05) is 12.4 Å². The molecular weight excluding hydrogens is 242 g/mol. The van der Waals surface area contributed by atoms with Crippen LogP contribution in [0.1, 0.15) is 49.8 Å². The van der Waals surface area contributed by atoms with Gasteiger partial charge in [-0.1, -0.05) is 55.8 Å². The van der Waals surface area contributed by atoms with E-state index in [4.69, 9.17) is 0 Å². The summed E-state index contributed by atoms with van der Waals surface area (Å²) in [4.78, 5) is 4.23. The fourth-order valence-electron chi connectivity index (χ4n) is 2.70. The van der Waals surface area contributed by atoms with E-state index < -0.39 is 0 Å². The summed E-state index contributed by atoms with van der Waals surface area (Å²) in [5, 5.41) is 0. The van der Waals surface area contributed by atoms with Gasteiger partial charge in [0.1, 0.15) is 0 Å². The molecule has 0 aliphatic rings. The summed E-state index contributed by atoms with van der Waals surface area (Å²) in [5.41, 5.74) is 5.50. The van der Waals surface area contributed by atoms with Crippen molar-refractivity contribution in [3.63, 3.8) is 0 Å². The lowest BCUT2D eigenvalue weighted by molar-refractivity contribution is 0.740. The van der Waals surface area contributed by atoms with Gasteiger partial charge >= 0.3 is 0 Å². The lowest BCUT2D eigenvalue weighted by atomic mass is 9.90. The minimum Gasteiger partial charge on any atom is -0.264 e. The van der Waals surface area contributed by atoms with Crippen molar-refractivity contribution < 1.29 is 0 Å². The second kappa shape index (κ2) is 7.04. The maximum atomic E-state index is 4.23. The van der Waals surface area contributed by atoms with Gasteiger partial charge in [-0.05, 0) is 48.4 Å². The Labute approximate surface area is 122 Å². The van der Waals surface area contributed by atoms with Crippen molar-refractivity contribution in [3.05, 3.63) is 71.1 Å². The van der Waals surface area contributed by atoms with Crippen molar-refractivity contribution >= 4 is 6.08 Å². The Kier molecular flexibility index (Phi) is 5.11. The highest BCUT2D eigenvalue weighted by atomic mass is 14.6. The molecule has 1 atom stereocenters. The van der Waals surface area contributed by atoms with E-state index in [1.165, 1.54) is 22.3 Å². The van der Waals surface area contributed by atoms with Gasteiger partial charge in [0.05, 0.1) is 0 Å². The number of aryl methyl sites for hydroxylation is 1. The first-order chi connectivity index (χ1) is 9.70. The van der Waals surface area contributed by atoms with Crippen LogP contribution in [0.2, 0.25) is 0 Å². The molecule has 0 amide bonds. The molecule has 0 fully saturated rings. The number of benzene rings is 1. The summed E-state index contributed by atoms with van der Waals surface area (Å²) in [6, 6.07) is 12.7. The predicted octanol–water partition coefficient (Wildman–Crippen LogP) is 5.24. The van der Waals surface area contributed by atoms with E-state index >= 15 is 0 Å². The Bertz CT molecular complexity index is 569. The molecule has 1 heterocycles. The molecule has 0 spiro atoms. The van der Waals surface area contributed by atoms with Gasteiger partial charge in [-0.25, -0.2) is 0 Å². The molecule has 1 nitrogen and oxygen atoms in total. The van der Waals surface area contributed by atoms with Crippen LogP contribution in [0.25, 0.3) is 6.08 Å². The zero-order chi connectivity index (χ0) is 14.4. The third kappa shape index (κ3) is 3.80. The quantitative estimate of drug-likeness (QED) is 0.720. The Morgan fingerprint density at radius 2 is 1.95 bits per heavy atom. The van der Waals surface area contributed by atoms with Crippen LogP contribution in [0, 0.1) is 0 Å². The fourth-order valence-corrected chi connectivity index (χ4v) is 2.70. The molecule has 104 valence electrons. The molecular formula is C19H23N. The third-order valence-corrected chi connectivity index (χ3v) is 3.69. The van der Waals surface area contributed by atoms with Crippen molar-refractivity contribution in [2.24, 2.45) is 0 Å². The molecule has 0 bridgehead atoms. The minimum atomic E-state index is 0.535. The Balaban J connectivity index is 2.11. The summed E-state index contributed by atoms with van der Waals surface area (Å²) in [6.07, 6.45) is 8.33. The molecule has 0 aliphatic heterocycles. The van der Waals surface area contributed by atoms with Crippen LogP contribution in [0.3, 0.4) is 0 Å². The van der Waals surface area contributed by atoms with Crippen molar-refractivity contribution in [3.8, 4) is 0 Å². The van der Waals surface area contributed by atoms with E-state index in [9.17, 15) is 0 Å². The van der Waals surface area contributed by atoms with Gasteiger partial charge in [0.2, 0.25) is 0 Å². The number of hydrogen-bond acceptors (Lipinski definition) is 1. The van der Waals surface area contributed by atoms with Crippen molar-refractivity contribution in [1.82, 2.24) is 4.98 Å². The molecule has 1 unspecified atom stereocenters. The van der Waals surface area contributed by atoms with Crippen LogP contribution in [0.5, 0.6) is 0 Å². The van der Waals surface area contributed by atoms with E-state index in [0.29, 0.717) is 5.92 Å². The highest BCUT2D eigenvalue weighted by Crippen LogP contribution is 2.26. The first-order valence-corrected chi connectivity index (χ1v) is 7.35. The molecule has 1 aromatic heterocycles. The van der Waals surface area contributed by atoms with Crippen molar-refractivity contribution in [2.45, 2.75) is 39.5 Å². The smallest absolute Gasteiger partial charge is 0.0302 e. The number of rotatable bonds is 5. The third-order valence-electron chi connectivity index (χ3n) is 3.69. The van der Waals surface area contributed by atoms with Crippen molar-refractivity contribution in [2.75, 3.05) is 0 Å². The van der Waals surface area contributed by atoms with E-state index in [-0.39, 0.29) is 0 Å². The molecule has 0 N–H and O–H groups in total. The van der Waals surface area contributed by atoms with E-state index in [2.05, 4.69) is 68.2 Å². The number of pyridine rings is 1. The number of allylic oxidation sites excluding steroid dienone is 1. The molecule has 20 heavy (non-hydrogen) atoms. The van der Waals surface area contributed by atoms with Crippen LogP contribution in [0.4, 0.5) is 0 Å². The highest BCUT2D eigenvalue weighted by Gasteiger charge is 2.10. The average Bonchev–Trinajstić information content (AvgIpc) is 2.48. The monoisotopic (exact) mass is 265 g/mol. The van der Waals surface area contributed by atoms with Gasteiger partial charge in [0.15, 0.2) is 0 Å². The molecule has 2 aromatic rings. The molecule has 1 heteroatoms. The van der Waals surface area contributed by atoms with Crippen LogP contribution < -0.4 is 0 Å². The Hall–Kier alpha value is -1.89. The Morgan fingerprint density at radius 1 is 1.20 bits per heavy atom. The number of hydrogen-bond donors (Lipinski definition) is 0. The zero-order valence-corrected chi connectivity index (χ0v) is 12.6. The molecule has 0 radical (unpaired) electrons. The summed E-state index contributed by atoms with van der Waals surface area (Å²) in [5.74, 6) is 0.535. The van der Waals surface area contributed by atoms with Crippen molar-refractivity contribution in [1.29, 1.82) is 0 Å². The molecule has 0 aliphatic carbocycles. The SMILES string of the molecule is CCc1cnccc1C(C)CC(C)=Cc1ccccc1. The summed E-state index contributed by atoms with van der Waals surface area (Å²) < 4.78 is 0. The zero-order valence-electron chi connectivity index (χ0n) is 12.6. The van der Waals surface area contributed by atoms with Crippen LogP contribution in [-0.4, -0.2) is 4.98 Å². The predicted molar refractivity (Wildman–Crippen MR) is 86.7 cm³/mol. The van der Waals surface area contributed by atoms with E-state index in [0.717, 1.165) is 12.8 Å². The molecule has 2 rings (SSSR count). The van der Waals surface area contributed by atoms with Crippen LogP contribution in [-0.2, 0) is 6.42 Å². The second-order valence-corrected chi connectivity index (χ2v) is 5.43. The minimum absolute atomic E-state index is 0.535. The number of aromatic nitrogens is 1. The largest absolute Gasteiger partial charge is 0.264 e. The molecule has 0 saturated heterocycles. The number of nitrogens with zero attached hydrogens (tertiary/aromatic N) is 1. The van der Waals surface area contributed by atoms with Gasteiger partial charge in [-0.15, -0.1) is 0 Å². The normalized spacial score (nSPS) is 13.2. The van der Waals surface area contributed by atoms with Gasteiger partial charge in [0, 0.05) is 12.4 Å². The van der Waals surface area contributed by atoms with E-state index in [1.54, 1.807) is 0 Å². The standard InChI is InChI=1S/C19H23N/c1-4-18-14-20-11-10-19(18)16(3)12-15(2)13-17-8-6-5-7-9-17/h5-11,13-14,16H,4,12H2,1-3H3.